The van der Waals surface area contributed by atoms with Crippen LogP contribution in [-0.2, 0) is 6.54 Å². The quantitative estimate of drug-likeness (QED) is 0.732. The van der Waals surface area contributed by atoms with Gasteiger partial charge in [-0.15, -0.1) is 0 Å². The smallest absolute Gasteiger partial charge is 0.0364 e. The molecule has 1 aromatic rings. The van der Waals surface area contributed by atoms with Gasteiger partial charge in [0.25, 0.3) is 0 Å². The summed E-state index contributed by atoms with van der Waals surface area (Å²) in [5, 5.41) is 2.26. The summed E-state index contributed by atoms with van der Waals surface area (Å²) in [6.07, 6.45) is 3.98. The third-order valence-corrected chi connectivity index (χ3v) is 2.73. The molecule has 0 amide bonds. The fraction of sp³-hybridized carbons (Fsp3) is 0.500. The van der Waals surface area contributed by atoms with Crippen molar-refractivity contribution in [3.05, 3.63) is 35.9 Å². The standard InChI is InChI=1S/C12H19N3/c1-3-7-12(8-4-1)11-13-14-15-9-5-2-6-10-15/h1,3-4,7-8,13-14H,2,5-6,9-11H2. The third-order valence-electron chi connectivity index (χ3n) is 2.73. The highest BCUT2D eigenvalue weighted by Crippen LogP contribution is 2.05. The summed E-state index contributed by atoms with van der Waals surface area (Å²) >= 11 is 0. The average Bonchev–Trinajstić information content (AvgIpc) is 2.32. The lowest BCUT2D eigenvalue weighted by molar-refractivity contribution is 0.122. The van der Waals surface area contributed by atoms with Crippen LogP contribution < -0.4 is 11.0 Å². The number of hydrogen-bond donors (Lipinski definition) is 2. The molecule has 15 heavy (non-hydrogen) atoms. The Hall–Kier alpha value is -0.900. The largest absolute Gasteiger partial charge is 0.240 e. The molecular weight excluding hydrogens is 186 g/mol. The van der Waals surface area contributed by atoms with Crippen LogP contribution in [0.25, 0.3) is 0 Å². The van der Waals surface area contributed by atoms with Gasteiger partial charge in [0, 0.05) is 19.6 Å². The van der Waals surface area contributed by atoms with Gasteiger partial charge < -0.3 is 0 Å². The number of nitrogens with zero attached hydrogens (tertiary/aromatic N) is 1. The van der Waals surface area contributed by atoms with Gasteiger partial charge >= 0.3 is 0 Å². The molecular formula is C12H19N3. The zero-order valence-corrected chi connectivity index (χ0v) is 9.08. The van der Waals surface area contributed by atoms with E-state index in [9.17, 15) is 0 Å². The van der Waals surface area contributed by atoms with Gasteiger partial charge in [-0.3, -0.25) is 0 Å². The second kappa shape index (κ2) is 5.85. The highest BCUT2D eigenvalue weighted by molar-refractivity contribution is 5.13. The fourth-order valence-electron chi connectivity index (χ4n) is 1.85. The molecule has 0 aromatic heterocycles. The van der Waals surface area contributed by atoms with Crippen LogP contribution in [0.15, 0.2) is 30.3 Å². The van der Waals surface area contributed by atoms with Crippen LogP contribution in [0.4, 0.5) is 0 Å². The molecule has 1 fully saturated rings. The number of hydrazine groups is 2. The molecule has 0 saturated carbocycles. The van der Waals surface area contributed by atoms with Crippen molar-refractivity contribution in [1.29, 1.82) is 0 Å². The maximum absolute atomic E-state index is 3.25. The van der Waals surface area contributed by atoms with Crippen LogP contribution in [0.3, 0.4) is 0 Å². The number of rotatable bonds is 4. The minimum atomic E-state index is 0.872. The van der Waals surface area contributed by atoms with Gasteiger partial charge in [0.05, 0.1) is 0 Å². The maximum Gasteiger partial charge on any atom is 0.0364 e. The summed E-state index contributed by atoms with van der Waals surface area (Å²) in [4.78, 5) is 0. The summed E-state index contributed by atoms with van der Waals surface area (Å²) < 4.78 is 0. The number of nitrogens with one attached hydrogen (secondary N) is 2. The Labute approximate surface area is 91.4 Å². The fourth-order valence-corrected chi connectivity index (χ4v) is 1.85. The number of hydrogen-bond acceptors (Lipinski definition) is 3. The first kappa shape index (κ1) is 10.6. The molecule has 2 N–H and O–H groups in total. The Morgan fingerprint density at radius 3 is 2.47 bits per heavy atom. The van der Waals surface area contributed by atoms with Crippen LogP contribution in [0.1, 0.15) is 24.8 Å². The first-order valence-electron chi connectivity index (χ1n) is 5.72. The molecule has 0 aliphatic carbocycles. The van der Waals surface area contributed by atoms with E-state index in [0.29, 0.717) is 0 Å². The lowest BCUT2D eigenvalue weighted by Gasteiger charge is -2.27. The van der Waals surface area contributed by atoms with Gasteiger partial charge in [0.1, 0.15) is 0 Å². The predicted molar refractivity (Wildman–Crippen MR) is 61.8 cm³/mol. The normalized spacial score (nSPS) is 17.9. The highest BCUT2D eigenvalue weighted by Gasteiger charge is 2.08. The Balaban J connectivity index is 1.66. The van der Waals surface area contributed by atoms with Crippen LogP contribution in [0.2, 0.25) is 0 Å². The number of benzene rings is 1. The van der Waals surface area contributed by atoms with Crippen molar-refractivity contribution in [2.75, 3.05) is 13.1 Å². The first-order chi connectivity index (χ1) is 7.45. The van der Waals surface area contributed by atoms with Crippen LogP contribution >= 0.6 is 0 Å². The van der Waals surface area contributed by atoms with E-state index in [1.165, 1.54) is 24.8 Å². The van der Waals surface area contributed by atoms with Gasteiger partial charge in [0.2, 0.25) is 0 Å². The summed E-state index contributed by atoms with van der Waals surface area (Å²) in [5.74, 6) is 0. The minimum Gasteiger partial charge on any atom is -0.240 e. The Morgan fingerprint density at radius 2 is 1.73 bits per heavy atom. The molecule has 1 aliphatic rings. The Kier molecular flexibility index (Phi) is 4.14. The molecule has 3 nitrogen and oxygen atoms in total. The van der Waals surface area contributed by atoms with E-state index in [2.05, 4.69) is 40.2 Å². The summed E-state index contributed by atoms with van der Waals surface area (Å²) in [6.45, 7) is 3.18. The molecule has 82 valence electrons. The van der Waals surface area contributed by atoms with Gasteiger partial charge in [-0.2, -0.15) is 5.53 Å². The number of piperidine rings is 1. The molecule has 0 unspecified atom stereocenters. The molecule has 1 aromatic carbocycles. The van der Waals surface area contributed by atoms with Crippen LogP contribution in [0, 0.1) is 0 Å². The molecule has 2 rings (SSSR count). The summed E-state index contributed by atoms with van der Waals surface area (Å²) in [6, 6.07) is 10.4. The average molecular weight is 205 g/mol. The van der Waals surface area contributed by atoms with Crippen molar-refractivity contribution in [3.63, 3.8) is 0 Å². The first-order valence-corrected chi connectivity index (χ1v) is 5.72. The Morgan fingerprint density at radius 1 is 1.00 bits per heavy atom. The molecule has 1 saturated heterocycles. The summed E-state index contributed by atoms with van der Waals surface area (Å²) in [5.41, 5.74) is 7.81. The van der Waals surface area contributed by atoms with Crippen molar-refractivity contribution >= 4 is 0 Å². The van der Waals surface area contributed by atoms with E-state index in [4.69, 9.17) is 0 Å². The molecule has 3 heteroatoms. The predicted octanol–water partition coefficient (Wildman–Crippen LogP) is 1.68. The molecule has 1 heterocycles. The SMILES string of the molecule is c1ccc(CNNN2CCCCC2)cc1. The Bertz CT molecular complexity index is 267. The van der Waals surface area contributed by atoms with Crippen LogP contribution in [0.5, 0.6) is 0 Å². The third kappa shape index (κ3) is 3.63. The van der Waals surface area contributed by atoms with Crippen molar-refractivity contribution in [3.8, 4) is 0 Å². The highest BCUT2D eigenvalue weighted by atomic mass is 15.7. The van der Waals surface area contributed by atoms with E-state index >= 15 is 0 Å². The van der Waals surface area contributed by atoms with E-state index in [0.717, 1.165) is 19.6 Å². The van der Waals surface area contributed by atoms with Gasteiger partial charge in [0.15, 0.2) is 0 Å². The van der Waals surface area contributed by atoms with Crippen molar-refractivity contribution in [2.24, 2.45) is 0 Å². The van der Waals surface area contributed by atoms with Crippen molar-refractivity contribution in [1.82, 2.24) is 16.0 Å². The van der Waals surface area contributed by atoms with Gasteiger partial charge in [-0.1, -0.05) is 36.8 Å². The summed E-state index contributed by atoms with van der Waals surface area (Å²) in [7, 11) is 0. The molecule has 0 bridgehead atoms. The second-order valence-electron chi connectivity index (χ2n) is 4.00. The molecule has 0 radical (unpaired) electrons. The molecule has 0 spiro atoms. The van der Waals surface area contributed by atoms with Crippen LogP contribution in [-0.4, -0.2) is 18.1 Å². The second-order valence-corrected chi connectivity index (χ2v) is 4.00. The van der Waals surface area contributed by atoms with Gasteiger partial charge in [-0.25, -0.2) is 10.4 Å². The topological polar surface area (TPSA) is 27.3 Å². The zero-order chi connectivity index (χ0) is 10.3. The van der Waals surface area contributed by atoms with E-state index in [-0.39, 0.29) is 0 Å². The van der Waals surface area contributed by atoms with Crippen molar-refractivity contribution in [2.45, 2.75) is 25.8 Å². The lowest BCUT2D eigenvalue weighted by Crippen LogP contribution is -2.48. The minimum absolute atomic E-state index is 0.872. The monoisotopic (exact) mass is 205 g/mol. The molecule has 0 atom stereocenters. The van der Waals surface area contributed by atoms with E-state index in [1.807, 2.05) is 6.07 Å². The zero-order valence-electron chi connectivity index (χ0n) is 9.08. The lowest BCUT2D eigenvalue weighted by atomic mass is 10.2. The molecule has 1 aliphatic heterocycles. The maximum atomic E-state index is 3.25. The van der Waals surface area contributed by atoms with Crippen molar-refractivity contribution < 1.29 is 0 Å². The van der Waals surface area contributed by atoms with Gasteiger partial charge in [-0.05, 0) is 18.4 Å². The van der Waals surface area contributed by atoms with E-state index in [1.54, 1.807) is 0 Å². The van der Waals surface area contributed by atoms with E-state index < -0.39 is 0 Å².